The predicted octanol–water partition coefficient (Wildman–Crippen LogP) is 3.17. The van der Waals surface area contributed by atoms with Crippen molar-refractivity contribution in [3.63, 3.8) is 0 Å². The van der Waals surface area contributed by atoms with E-state index in [0.29, 0.717) is 19.4 Å². The number of rotatable bonds is 7. The van der Waals surface area contributed by atoms with Gasteiger partial charge in [-0.2, -0.15) is 4.31 Å². The number of likely N-dealkylation sites (N-methyl/N-ethyl adjacent to an activating group) is 1. The van der Waals surface area contributed by atoms with Crippen molar-refractivity contribution in [3.05, 3.63) is 96.6 Å². The smallest absolute Gasteiger partial charge is 0.250 e. The Kier molecular flexibility index (Phi) is 7.23. The Morgan fingerprint density at radius 2 is 1.42 bits per heavy atom. The number of amides is 2. The van der Waals surface area contributed by atoms with Crippen LogP contribution in [0, 0.1) is 0 Å². The van der Waals surface area contributed by atoms with Gasteiger partial charge in [0.2, 0.25) is 21.8 Å². The Morgan fingerprint density at radius 3 is 2.03 bits per heavy atom. The largest absolute Gasteiger partial charge is 0.340 e. The lowest BCUT2D eigenvalue weighted by atomic mass is 9.86. The molecule has 0 saturated carbocycles. The van der Waals surface area contributed by atoms with Crippen LogP contribution < -0.4 is 4.90 Å². The first-order valence-corrected chi connectivity index (χ1v) is 14.2. The average molecular weight is 533 g/mol. The van der Waals surface area contributed by atoms with Crippen LogP contribution >= 0.6 is 0 Å². The number of para-hydroxylation sites is 1. The molecule has 0 bridgehead atoms. The van der Waals surface area contributed by atoms with Crippen LogP contribution in [0.2, 0.25) is 0 Å². The van der Waals surface area contributed by atoms with Gasteiger partial charge in [-0.3, -0.25) is 9.59 Å². The lowest BCUT2D eigenvalue weighted by Crippen LogP contribution is -2.57. The molecule has 0 atom stereocenters. The maximum atomic E-state index is 14.0. The third kappa shape index (κ3) is 4.91. The normalized spacial score (nSPS) is 17.7. The minimum absolute atomic E-state index is 0.0285. The van der Waals surface area contributed by atoms with Crippen molar-refractivity contribution in [3.8, 4) is 0 Å². The number of sulfonamides is 1. The summed E-state index contributed by atoms with van der Waals surface area (Å²) in [7, 11) is -1.91. The molecule has 8 nitrogen and oxygen atoms in total. The molecule has 198 valence electrons. The second kappa shape index (κ2) is 10.6. The van der Waals surface area contributed by atoms with Crippen LogP contribution in [0.4, 0.5) is 5.69 Å². The van der Waals surface area contributed by atoms with Crippen molar-refractivity contribution in [2.24, 2.45) is 0 Å². The third-order valence-corrected chi connectivity index (χ3v) is 9.44. The van der Waals surface area contributed by atoms with E-state index in [9.17, 15) is 18.0 Å². The molecular weight excluding hydrogens is 500 g/mol. The summed E-state index contributed by atoms with van der Waals surface area (Å²) in [6.45, 7) is 1.16. The van der Waals surface area contributed by atoms with Crippen LogP contribution in [0.1, 0.15) is 18.4 Å². The summed E-state index contributed by atoms with van der Waals surface area (Å²) in [5.41, 5.74) is 1.00. The summed E-state index contributed by atoms with van der Waals surface area (Å²) in [4.78, 5) is 32.6. The van der Waals surface area contributed by atoms with Crippen LogP contribution in [0.25, 0.3) is 0 Å². The van der Waals surface area contributed by atoms with Crippen LogP contribution in [-0.2, 0) is 26.2 Å². The van der Waals surface area contributed by atoms with Crippen LogP contribution in [0.3, 0.4) is 0 Å². The number of nitrogens with zero attached hydrogens (tertiary/aromatic N) is 4. The van der Waals surface area contributed by atoms with E-state index >= 15 is 0 Å². The molecule has 2 saturated heterocycles. The number of carbonyl (C=O) groups is 2. The van der Waals surface area contributed by atoms with E-state index in [-0.39, 0.29) is 43.0 Å². The first kappa shape index (κ1) is 25.9. The van der Waals surface area contributed by atoms with Crippen molar-refractivity contribution < 1.29 is 18.0 Å². The lowest BCUT2D eigenvalue weighted by Gasteiger charge is -2.42. The molecule has 2 aliphatic heterocycles. The molecule has 0 N–H and O–H groups in total. The maximum Gasteiger partial charge on any atom is 0.250 e. The van der Waals surface area contributed by atoms with Crippen molar-refractivity contribution in [2.45, 2.75) is 29.8 Å². The van der Waals surface area contributed by atoms with E-state index in [0.717, 1.165) is 11.3 Å². The average Bonchev–Trinajstić information content (AvgIpc) is 3.21. The Labute approximate surface area is 224 Å². The molecule has 3 aromatic rings. The molecule has 38 heavy (non-hydrogen) atoms. The SMILES string of the molecule is CN(Cc1ccccc1)C(=O)CN1CN(c2ccccc2)C2(CCN(S(=O)(=O)c3ccccc3)CC2)C1=O. The van der Waals surface area contributed by atoms with Crippen molar-refractivity contribution >= 4 is 27.5 Å². The Bertz CT molecular complexity index is 1380. The first-order valence-electron chi connectivity index (χ1n) is 12.8. The molecular formula is C29H32N4O4S. The van der Waals surface area contributed by atoms with Gasteiger partial charge in [0.25, 0.3) is 0 Å². The molecule has 0 unspecified atom stereocenters. The molecule has 0 aliphatic carbocycles. The van der Waals surface area contributed by atoms with Crippen molar-refractivity contribution in [1.82, 2.24) is 14.1 Å². The van der Waals surface area contributed by atoms with E-state index in [1.807, 2.05) is 65.6 Å². The van der Waals surface area contributed by atoms with E-state index in [2.05, 4.69) is 0 Å². The summed E-state index contributed by atoms with van der Waals surface area (Å²) in [5, 5.41) is 0. The second-order valence-corrected chi connectivity index (χ2v) is 11.8. The highest BCUT2D eigenvalue weighted by Crippen LogP contribution is 2.40. The number of benzene rings is 3. The van der Waals surface area contributed by atoms with E-state index in [1.54, 1.807) is 47.2 Å². The van der Waals surface area contributed by atoms with Gasteiger partial charge in [-0.15, -0.1) is 0 Å². The van der Waals surface area contributed by atoms with Gasteiger partial charge in [-0.05, 0) is 42.7 Å². The maximum absolute atomic E-state index is 14.0. The monoisotopic (exact) mass is 532 g/mol. The van der Waals surface area contributed by atoms with Gasteiger partial charge in [-0.25, -0.2) is 8.42 Å². The zero-order valence-corrected chi connectivity index (χ0v) is 22.3. The molecule has 9 heteroatoms. The van der Waals surface area contributed by atoms with Gasteiger partial charge in [-0.1, -0.05) is 66.7 Å². The van der Waals surface area contributed by atoms with Gasteiger partial charge in [0.15, 0.2) is 0 Å². The van der Waals surface area contributed by atoms with Gasteiger partial charge < -0.3 is 14.7 Å². The molecule has 2 heterocycles. The zero-order valence-electron chi connectivity index (χ0n) is 21.4. The van der Waals surface area contributed by atoms with Gasteiger partial charge >= 0.3 is 0 Å². The highest BCUT2D eigenvalue weighted by Gasteiger charge is 2.55. The fourth-order valence-corrected chi connectivity index (χ4v) is 6.85. The summed E-state index contributed by atoms with van der Waals surface area (Å²) < 4.78 is 27.9. The highest BCUT2D eigenvalue weighted by atomic mass is 32.2. The second-order valence-electron chi connectivity index (χ2n) is 9.89. The summed E-state index contributed by atoms with van der Waals surface area (Å²) in [6.07, 6.45) is 0.689. The minimum Gasteiger partial charge on any atom is -0.340 e. The van der Waals surface area contributed by atoms with E-state index in [1.165, 1.54) is 4.31 Å². The number of hydrogen-bond donors (Lipinski definition) is 0. The topological polar surface area (TPSA) is 81.2 Å². The third-order valence-electron chi connectivity index (χ3n) is 7.53. The van der Waals surface area contributed by atoms with E-state index < -0.39 is 15.6 Å². The lowest BCUT2D eigenvalue weighted by molar-refractivity contribution is -0.140. The molecule has 3 aromatic carbocycles. The molecule has 1 spiro atoms. The molecule has 2 aliphatic rings. The van der Waals surface area contributed by atoms with Gasteiger partial charge in [0.05, 0.1) is 11.6 Å². The summed E-state index contributed by atoms with van der Waals surface area (Å²) in [6, 6.07) is 27.8. The Balaban J connectivity index is 1.35. The molecule has 2 amide bonds. The molecule has 0 radical (unpaired) electrons. The fourth-order valence-electron chi connectivity index (χ4n) is 5.39. The number of hydrogen-bond acceptors (Lipinski definition) is 5. The predicted molar refractivity (Wildman–Crippen MR) is 146 cm³/mol. The van der Waals surface area contributed by atoms with Crippen molar-refractivity contribution in [2.75, 3.05) is 38.3 Å². The van der Waals surface area contributed by atoms with Crippen LogP contribution in [0.15, 0.2) is 95.9 Å². The quantitative estimate of drug-likeness (QED) is 0.467. The van der Waals surface area contributed by atoms with Crippen molar-refractivity contribution in [1.29, 1.82) is 0 Å². The molecule has 5 rings (SSSR count). The van der Waals surface area contributed by atoms with E-state index in [4.69, 9.17) is 0 Å². The zero-order chi connectivity index (χ0) is 26.8. The Morgan fingerprint density at radius 1 is 0.868 bits per heavy atom. The Hall–Kier alpha value is -3.69. The summed E-state index contributed by atoms with van der Waals surface area (Å²) in [5.74, 6) is -0.268. The minimum atomic E-state index is -3.65. The number of carbonyl (C=O) groups excluding carboxylic acids is 2. The molecule has 2 fully saturated rings. The molecule has 0 aromatic heterocycles. The van der Waals surface area contributed by atoms with Gasteiger partial charge in [0, 0.05) is 32.4 Å². The standard InChI is InChI=1S/C29H32N4O4S/c1-30(21-24-11-5-2-6-12-24)27(34)22-31-23-33(25-13-7-3-8-14-25)29(28(31)35)17-19-32(20-18-29)38(36,37)26-15-9-4-10-16-26/h2-16H,17-23H2,1H3. The van der Waals surface area contributed by atoms with Gasteiger partial charge in [0.1, 0.15) is 12.1 Å². The fraction of sp³-hybridized carbons (Fsp3) is 0.310. The van der Waals surface area contributed by atoms with Crippen LogP contribution in [-0.4, -0.2) is 73.2 Å². The highest BCUT2D eigenvalue weighted by molar-refractivity contribution is 7.89. The summed E-state index contributed by atoms with van der Waals surface area (Å²) >= 11 is 0. The van der Waals surface area contributed by atoms with Crippen LogP contribution in [0.5, 0.6) is 0 Å². The number of anilines is 1. The first-order chi connectivity index (χ1) is 18.3. The number of piperidine rings is 1.